The molecule has 2 aromatic rings. The average molecular weight is 338 g/mol. The van der Waals surface area contributed by atoms with Crippen molar-refractivity contribution in [3.63, 3.8) is 0 Å². The number of rotatable bonds is 1. The molecule has 0 saturated carbocycles. The highest BCUT2D eigenvalue weighted by Gasteiger charge is 2.33. The van der Waals surface area contributed by atoms with Crippen molar-refractivity contribution in [2.75, 3.05) is 0 Å². The fourth-order valence-electron chi connectivity index (χ4n) is 2.77. The summed E-state index contributed by atoms with van der Waals surface area (Å²) >= 11 is 9.52. The van der Waals surface area contributed by atoms with Crippen LogP contribution in [0.25, 0.3) is 0 Å². The zero-order valence-electron chi connectivity index (χ0n) is 10.4. The van der Waals surface area contributed by atoms with Crippen LogP contribution < -0.4 is 0 Å². The highest BCUT2D eigenvalue weighted by Crippen LogP contribution is 2.37. The second-order valence-corrected chi connectivity index (χ2v) is 6.48. The minimum Gasteiger partial charge on any atom is -0.385 e. The molecule has 19 heavy (non-hydrogen) atoms. The molecule has 1 aliphatic rings. The van der Waals surface area contributed by atoms with Crippen molar-refractivity contribution in [3.05, 3.63) is 68.7 Å². The maximum absolute atomic E-state index is 10.9. The van der Waals surface area contributed by atoms with Gasteiger partial charge in [0.2, 0.25) is 0 Å². The first kappa shape index (κ1) is 13.2. The summed E-state index contributed by atoms with van der Waals surface area (Å²) in [5.74, 6) is 0. The largest absolute Gasteiger partial charge is 0.385 e. The van der Waals surface area contributed by atoms with E-state index in [-0.39, 0.29) is 0 Å². The first-order valence-corrected chi connectivity index (χ1v) is 7.50. The van der Waals surface area contributed by atoms with Crippen molar-refractivity contribution < 1.29 is 5.11 Å². The Kier molecular flexibility index (Phi) is 3.42. The Morgan fingerprint density at radius 3 is 2.74 bits per heavy atom. The SMILES string of the molecule is OC1(c2cccc(Cl)c2)CCc2cc(Br)ccc2C1. The molecule has 1 nitrogen and oxygen atoms in total. The molecule has 3 rings (SSSR count). The van der Waals surface area contributed by atoms with Crippen molar-refractivity contribution in [1.29, 1.82) is 0 Å². The zero-order chi connectivity index (χ0) is 13.5. The fourth-order valence-corrected chi connectivity index (χ4v) is 3.37. The van der Waals surface area contributed by atoms with Crippen LogP contribution in [0.2, 0.25) is 5.02 Å². The van der Waals surface area contributed by atoms with Crippen molar-refractivity contribution in [2.24, 2.45) is 0 Å². The second-order valence-electron chi connectivity index (χ2n) is 5.13. The minimum atomic E-state index is -0.800. The van der Waals surface area contributed by atoms with Gasteiger partial charge in [-0.05, 0) is 53.8 Å². The van der Waals surface area contributed by atoms with Crippen LogP contribution in [0.15, 0.2) is 46.9 Å². The van der Waals surface area contributed by atoms with Gasteiger partial charge in [0.1, 0.15) is 0 Å². The van der Waals surface area contributed by atoms with Gasteiger partial charge >= 0.3 is 0 Å². The summed E-state index contributed by atoms with van der Waals surface area (Å²) < 4.78 is 1.10. The van der Waals surface area contributed by atoms with E-state index in [2.05, 4.69) is 28.1 Å². The monoisotopic (exact) mass is 336 g/mol. The third kappa shape index (κ3) is 2.58. The number of benzene rings is 2. The van der Waals surface area contributed by atoms with Gasteiger partial charge in [-0.15, -0.1) is 0 Å². The molecule has 0 heterocycles. The summed E-state index contributed by atoms with van der Waals surface area (Å²) in [7, 11) is 0. The van der Waals surface area contributed by atoms with Gasteiger partial charge in [-0.2, -0.15) is 0 Å². The number of hydrogen-bond acceptors (Lipinski definition) is 1. The van der Waals surface area contributed by atoms with E-state index in [1.165, 1.54) is 11.1 Å². The van der Waals surface area contributed by atoms with Gasteiger partial charge in [0, 0.05) is 15.9 Å². The van der Waals surface area contributed by atoms with E-state index in [1.54, 1.807) is 0 Å². The molecule has 0 aliphatic heterocycles. The van der Waals surface area contributed by atoms with Crippen LogP contribution in [-0.2, 0) is 18.4 Å². The lowest BCUT2D eigenvalue weighted by molar-refractivity contribution is 0.0222. The molecule has 98 valence electrons. The molecule has 0 aromatic heterocycles. The highest BCUT2D eigenvalue weighted by molar-refractivity contribution is 9.10. The summed E-state index contributed by atoms with van der Waals surface area (Å²) in [5, 5.41) is 11.6. The molecular weight excluding hydrogens is 324 g/mol. The molecule has 0 amide bonds. The molecular formula is C16H14BrClO. The van der Waals surface area contributed by atoms with E-state index in [0.717, 1.165) is 22.9 Å². The van der Waals surface area contributed by atoms with Crippen LogP contribution in [0, 0.1) is 0 Å². The normalized spacial score (nSPS) is 22.1. The van der Waals surface area contributed by atoms with Crippen LogP contribution >= 0.6 is 27.5 Å². The molecule has 0 bridgehead atoms. The topological polar surface area (TPSA) is 20.2 Å². The zero-order valence-corrected chi connectivity index (χ0v) is 12.7. The molecule has 0 fully saturated rings. The van der Waals surface area contributed by atoms with Gasteiger partial charge in [0.15, 0.2) is 0 Å². The molecule has 1 N–H and O–H groups in total. The van der Waals surface area contributed by atoms with E-state index in [0.29, 0.717) is 11.4 Å². The van der Waals surface area contributed by atoms with E-state index in [1.807, 2.05) is 30.3 Å². The lowest BCUT2D eigenvalue weighted by Crippen LogP contribution is -2.33. The Hall–Kier alpha value is -0.830. The van der Waals surface area contributed by atoms with E-state index < -0.39 is 5.60 Å². The predicted molar refractivity (Wildman–Crippen MR) is 81.5 cm³/mol. The molecule has 0 radical (unpaired) electrons. The lowest BCUT2D eigenvalue weighted by atomic mass is 9.76. The van der Waals surface area contributed by atoms with Gasteiger partial charge in [-0.3, -0.25) is 0 Å². The first-order chi connectivity index (χ1) is 9.07. The molecule has 0 spiro atoms. The summed E-state index contributed by atoms with van der Waals surface area (Å²) in [6.07, 6.45) is 2.27. The minimum absolute atomic E-state index is 0.649. The number of hydrogen-bond donors (Lipinski definition) is 1. The summed E-state index contributed by atoms with van der Waals surface area (Å²) in [6, 6.07) is 13.8. The number of fused-ring (bicyclic) bond motifs is 1. The molecule has 1 aliphatic carbocycles. The van der Waals surface area contributed by atoms with Crippen LogP contribution in [-0.4, -0.2) is 5.11 Å². The Morgan fingerprint density at radius 1 is 1.11 bits per heavy atom. The maximum atomic E-state index is 10.9. The second kappa shape index (κ2) is 4.93. The van der Waals surface area contributed by atoms with Gasteiger partial charge in [0.05, 0.1) is 5.60 Å². The molecule has 1 unspecified atom stereocenters. The number of halogens is 2. The van der Waals surface area contributed by atoms with Crippen molar-refractivity contribution >= 4 is 27.5 Å². The van der Waals surface area contributed by atoms with Crippen molar-refractivity contribution in [3.8, 4) is 0 Å². The Balaban J connectivity index is 1.98. The fraction of sp³-hybridized carbons (Fsp3) is 0.250. The van der Waals surface area contributed by atoms with Gasteiger partial charge in [0.25, 0.3) is 0 Å². The highest BCUT2D eigenvalue weighted by atomic mass is 79.9. The smallest absolute Gasteiger partial charge is 0.0940 e. The van der Waals surface area contributed by atoms with Crippen molar-refractivity contribution in [1.82, 2.24) is 0 Å². The molecule has 3 heteroatoms. The van der Waals surface area contributed by atoms with E-state index in [4.69, 9.17) is 11.6 Å². The Bertz CT molecular complexity index is 626. The number of aliphatic hydroxyl groups is 1. The predicted octanol–water partition coefficient (Wildman–Crippen LogP) is 4.48. The average Bonchev–Trinajstić information content (AvgIpc) is 2.39. The van der Waals surface area contributed by atoms with E-state index in [9.17, 15) is 5.11 Å². The van der Waals surface area contributed by atoms with Gasteiger partial charge < -0.3 is 5.11 Å². The van der Waals surface area contributed by atoms with Crippen molar-refractivity contribution in [2.45, 2.75) is 24.9 Å². The van der Waals surface area contributed by atoms with Crippen LogP contribution in [0.3, 0.4) is 0 Å². The standard InChI is InChI=1S/C16H14BrClO/c17-14-5-4-12-10-16(19,7-6-11(12)8-14)13-2-1-3-15(18)9-13/h1-5,8-9,19H,6-7,10H2. The van der Waals surface area contributed by atoms with Crippen LogP contribution in [0.5, 0.6) is 0 Å². The maximum Gasteiger partial charge on any atom is 0.0940 e. The first-order valence-electron chi connectivity index (χ1n) is 6.33. The number of aryl methyl sites for hydroxylation is 1. The Labute approximate surface area is 126 Å². The molecule has 1 atom stereocenters. The third-order valence-corrected chi connectivity index (χ3v) is 4.55. The summed E-state index contributed by atoms with van der Waals surface area (Å²) in [4.78, 5) is 0. The molecule has 2 aromatic carbocycles. The molecule has 0 saturated heterocycles. The van der Waals surface area contributed by atoms with E-state index >= 15 is 0 Å². The van der Waals surface area contributed by atoms with Gasteiger partial charge in [-0.1, -0.05) is 45.7 Å². The lowest BCUT2D eigenvalue weighted by Gasteiger charge is -2.34. The van der Waals surface area contributed by atoms with Gasteiger partial charge in [-0.25, -0.2) is 0 Å². The van der Waals surface area contributed by atoms with Crippen LogP contribution in [0.4, 0.5) is 0 Å². The summed E-state index contributed by atoms with van der Waals surface area (Å²) in [5.41, 5.74) is 2.65. The quantitative estimate of drug-likeness (QED) is 0.813. The third-order valence-electron chi connectivity index (χ3n) is 3.82. The van der Waals surface area contributed by atoms with Crippen LogP contribution in [0.1, 0.15) is 23.1 Å². The Morgan fingerprint density at radius 2 is 1.95 bits per heavy atom. The summed E-state index contributed by atoms with van der Waals surface area (Å²) in [6.45, 7) is 0.